The molecule has 11 nitrogen and oxygen atoms in total. The van der Waals surface area contributed by atoms with Crippen LogP contribution in [0, 0.1) is 22.7 Å². The van der Waals surface area contributed by atoms with Crippen LogP contribution >= 0.6 is 0 Å². The van der Waals surface area contributed by atoms with E-state index < -0.39 is 50.4 Å². The minimum atomic E-state index is -5.17. The number of hydrogen-bond acceptors (Lipinski definition) is 8. The molecule has 2 saturated heterocycles. The Labute approximate surface area is 207 Å². The predicted octanol–water partition coefficient (Wildman–Crippen LogP) is 2.71. The number of aromatic hydroxyl groups is 1. The number of ether oxygens (including phenoxy) is 1. The molecule has 4 bridgehead atoms. The summed E-state index contributed by atoms with van der Waals surface area (Å²) in [5, 5.41) is 21.8. The number of carbonyl (C=O) groups excluding carboxylic acids is 2. The van der Waals surface area contributed by atoms with Crippen molar-refractivity contribution in [2.45, 2.75) is 57.7 Å². The lowest BCUT2D eigenvalue weighted by Gasteiger charge is -2.55. The van der Waals surface area contributed by atoms with Gasteiger partial charge < -0.3 is 24.4 Å². The topological polar surface area (TPSA) is 177 Å². The van der Waals surface area contributed by atoms with E-state index in [0.717, 1.165) is 31.4 Å². The third kappa shape index (κ3) is 3.70. The molecule has 3 aliphatic carbocycles. The van der Waals surface area contributed by atoms with Crippen molar-refractivity contribution in [1.29, 1.82) is 0 Å². The fourth-order valence-electron chi connectivity index (χ4n) is 7.27. The molecule has 1 spiro atoms. The van der Waals surface area contributed by atoms with Gasteiger partial charge in [-0.2, -0.15) is 8.42 Å². The highest BCUT2D eigenvalue weighted by atomic mass is 32.3. The van der Waals surface area contributed by atoms with Crippen LogP contribution in [-0.2, 0) is 24.7 Å². The zero-order valence-electron chi connectivity index (χ0n) is 19.7. The smallest absolute Gasteiger partial charge is 0.446 e. The molecule has 6 atom stereocenters. The fourth-order valence-corrected chi connectivity index (χ4v) is 7.65. The summed E-state index contributed by atoms with van der Waals surface area (Å²) in [5.74, 6) is -3.67. The number of carboxylic acid groups (broad SMARTS) is 1. The highest BCUT2D eigenvalue weighted by molar-refractivity contribution is 7.81. The van der Waals surface area contributed by atoms with Gasteiger partial charge in [-0.15, -0.1) is 0 Å². The summed E-state index contributed by atoms with van der Waals surface area (Å²) in [7, 11) is -5.17. The summed E-state index contributed by atoms with van der Waals surface area (Å²) >= 11 is 0. The van der Waals surface area contributed by atoms with E-state index in [1.165, 1.54) is 0 Å². The monoisotopic (exact) mass is 521 g/mol. The van der Waals surface area contributed by atoms with Gasteiger partial charge in [-0.3, -0.25) is 14.1 Å². The van der Waals surface area contributed by atoms with E-state index in [-0.39, 0.29) is 41.7 Å². The number of carbonyl (C=O) groups is 3. The van der Waals surface area contributed by atoms with Gasteiger partial charge >= 0.3 is 16.4 Å². The van der Waals surface area contributed by atoms with Crippen LogP contribution in [0.25, 0.3) is 0 Å². The van der Waals surface area contributed by atoms with Gasteiger partial charge in [0.1, 0.15) is 17.0 Å². The molecule has 12 heteroatoms. The average molecular weight is 522 g/mol. The normalized spacial score (nSPS) is 36.1. The first kappa shape index (κ1) is 24.7. The van der Waals surface area contributed by atoms with Crippen LogP contribution in [0.3, 0.4) is 0 Å². The van der Waals surface area contributed by atoms with Gasteiger partial charge in [0, 0.05) is 17.8 Å². The SMILES string of the molecule is C[C@]12C[C@@]34C=CC(=O)[C@@](C)(CCC(=O)Nc5c(O)ccc(C(=O)O)c5OS(=O)(=O)O)[C@@H]3[C@H](C[C@@H]1C4)O2. The molecule has 0 aromatic heterocycles. The van der Waals surface area contributed by atoms with Gasteiger partial charge in [0.05, 0.1) is 11.7 Å². The van der Waals surface area contributed by atoms with Crippen molar-refractivity contribution in [3.8, 4) is 11.5 Å². The summed E-state index contributed by atoms with van der Waals surface area (Å²) in [4.78, 5) is 37.6. The van der Waals surface area contributed by atoms with Crippen molar-refractivity contribution in [2.75, 3.05) is 5.32 Å². The molecule has 0 unspecified atom stereocenters. The van der Waals surface area contributed by atoms with Crippen molar-refractivity contribution < 1.29 is 46.5 Å². The van der Waals surface area contributed by atoms with E-state index in [9.17, 15) is 33.0 Å². The molecule has 1 aromatic rings. The zero-order chi connectivity index (χ0) is 26.3. The van der Waals surface area contributed by atoms with Crippen LogP contribution in [0.15, 0.2) is 24.3 Å². The number of hydrogen-bond donors (Lipinski definition) is 4. The summed E-state index contributed by atoms with van der Waals surface area (Å²) in [6.07, 6.45) is 6.16. The third-order valence-electron chi connectivity index (χ3n) is 8.61. The minimum absolute atomic E-state index is 0.0875. The Morgan fingerprint density at radius 1 is 1.28 bits per heavy atom. The number of phenols is 1. The van der Waals surface area contributed by atoms with Gasteiger partial charge in [0.2, 0.25) is 5.91 Å². The first-order valence-electron chi connectivity index (χ1n) is 11.6. The Balaban J connectivity index is 1.39. The van der Waals surface area contributed by atoms with Gasteiger partial charge in [0.15, 0.2) is 11.5 Å². The maximum Gasteiger partial charge on any atom is 0.446 e. The number of benzene rings is 1. The summed E-state index contributed by atoms with van der Waals surface area (Å²) < 4.78 is 42.4. The number of allylic oxidation sites excluding steroid dienone is 2. The lowest BCUT2D eigenvalue weighted by molar-refractivity contribution is -0.169. The van der Waals surface area contributed by atoms with Crippen molar-refractivity contribution in [3.63, 3.8) is 0 Å². The average Bonchev–Trinajstić information content (AvgIpc) is 3.12. The largest absolute Gasteiger partial charge is 0.506 e. The van der Waals surface area contributed by atoms with E-state index in [4.69, 9.17) is 9.29 Å². The second kappa shape index (κ2) is 7.77. The first-order valence-corrected chi connectivity index (χ1v) is 13.0. The number of ketones is 1. The number of rotatable bonds is 7. The van der Waals surface area contributed by atoms with E-state index in [0.29, 0.717) is 5.92 Å². The van der Waals surface area contributed by atoms with Gasteiger partial charge in [-0.25, -0.2) is 4.79 Å². The highest BCUT2D eigenvalue weighted by Gasteiger charge is 2.71. The Bertz CT molecular complexity index is 1320. The Kier molecular flexibility index (Phi) is 5.33. The third-order valence-corrected chi connectivity index (χ3v) is 8.98. The van der Waals surface area contributed by atoms with E-state index in [1.54, 1.807) is 6.08 Å². The van der Waals surface area contributed by atoms with E-state index in [1.807, 2.05) is 13.0 Å². The first-order chi connectivity index (χ1) is 16.7. The van der Waals surface area contributed by atoms with Crippen LogP contribution in [0.1, 0.15) is 56.3 Å². The standard InChI is InChI=1S/C24H27NO10S/c1-22(16(27)5-8-24-10-12-9-15(20(22)24)34-23(12,2)11-24)7-6-17(28)25-18-14(26)4-3-13(21(29)30)19(18)35-36(31,32)33/h3-5,8,12,15,20,26H,6-7,9-11H2,1-2H3,(H,25,28)(H,29,30)(H,31,32,33)/t12-,15+,20+,22-,23+,24+/m1/s1. The number of amides is 1. The number of carboxylic acids is 1. The fraction of sp³-hybridized carbons (Fsp3) is 0.542. The number of phenolic OH excluding ortho intramolecular Hbond substituents is 1. The molecule has 194 valence electrons. The van der Waals surface area contributed by atoms with Crippen LogP contribution in [0.2, 0.25) is 0 Å². The number of anilines is 1. The highest BCUT2D eigenvalue weighted by Crippen LogP contribution is 2.71. The molecule has 36 heavy (non-hydrogen) atoms. The van der Waals surface area contributed by atoms with Crippen molar-refractivity contribution in [1.82, 2.24) is 0 Å². The lowest BCUT2D eigenvalue weighted by Crippen LogP contribution is -2.56. The molecule has 4 N–H and O–H groups in total. The lowest BCUT2D eigenvalue weighted by atomic mass is 9.51. The molecular formula is C24H27NO10S. The Morgan fingerprint density at radius 3 is 2.64 bits per heavy atom. The number of aromatic carboxylic acids is 1. The number of nitrogens with one attached hydrogen (secondary N) is 1. The van der Waals surface area contributed by atoms with Crippen molar-refractivity contribution in [2.24, 2.45) is 22.7 Å². The summed E-state index contributed by atoms with van der Waals surface area (Å²) in [5.41, 5.74) is -2.56. The molecule has 4 fully saturated rings. The van der Waals surface area contributed by atoms with E-state index >= 15 is 0 Å². The molecular weight excluding hydrogens is 494 g/mol. The molecule has 2 heterocycles. The molecule has 1 aromatic carbocycles. The predicted molar refractivity (Wildman–Crippen MR) is 124 cm³/mol. The maximum atomic E-state index is 13.1. The van der Waals surface area contributed by atoms with Crippen LogP contribution in [0.5, 0.6) is 11.5 Å². The summed E-state index contributed by atoms with van der Waals surface area (Å²) in [6, 6.07) is 1.81. The Morgan fingerprint density at radius 2 is 2.00 bits per heavy atom. The van der Waals surface area contributed by atoms with Crippen LogP contribution in [-0.4, -0.2) is 52.5 Å². The van der Waals surface area contributed by atoms with Gasteiger partial charge in [-0.1, -0.05) is 13.0 Å². The second-order valence-electron chi connectivity index (χ2n) is 10.8. The van der Waals surface area contributed by atoms with Crippen molar-refractivity contribution in [3.05, 3.63) is 29.8 Å². The molecule has 5 aliphatic rings. The van der Waals surface area contributed by atoms with E-state index in [2.05, 4.69) is 16.4 Å². The molecule has 0 radical (unpaired) electrons. The summed E-state index contributed by atoms with van der Waals surface area (Å²) in [6.45, 7) is 3.97. The minimum Gasteiger partial charge on any atom is -0.506 e. The Hall–Kier alpha value is -2.96. The maximum absolute atomic E-state index is 13.1. The van der Waals surface area contributed by atoms with Crippen LogP contribution < -0.4 is 9.50 Å². The van der Waals surface area contributed by atoms with Crippen molar-refractivity contribution >= 4 is 33.7 Å². The van der Waals surface area contributed by atoms with Gasteiger partial charge in [-0.05, 0) is 62.1 Å². The molecule has 2 aliphatic heterocycles. The van der Waals surface area contributed by atoms with Crippen LogP contribution in [0.4, 0.5) is 5.69 Å². The zero-order valence-corrected chi connectivity index (χ0v) is 20.5. The molecule has 6 rings (SSSR count). The van der Waals surface area contributed by atoms with Gasteiger partial charge in [0.25, 0.3) is 0 Å². The molecule has 2 saturated carbocycles. The second-order valence-corrected chi connectivity index (χ2v) is 11.8. The quantitative estimate of drug-likeness (QED) is 0.308. The molecule has 1 amide bonds.